The van der Waals surface area contributed by atoms with Crippen molar-refractivity contribution in [3.8, 4) is 5.75 Å². The number of fused-ring (bicyclic) bond motifs is 1. The van der Waals surface area contributed by atoms with Gasteiger partial charge in [0.25, 0.3) is 5.91 Å². The zero-order valence-corrected chi connectivity index (χ0v) is 14.7. The largest absolute Gasteiger partial charge is 0.573 e. The van der Waals surface area contributed by atoms with Crippen molar-refractivity contribution in [1.82, 2.24) is 9.88 Å². The number of halogens is 3. The van der Waals surface area contributed by atoms with Crippen LogP contribution in [0.25, 0.3) is 10.9 Å². The SMILES string of the molecule is O=C(c1cc2ccc(OC(F)(F)F)cc2[nH]1)N1CCO[C@H](c2ccccc2)C1. The summed E-state index contributed by atoms with van der Waals surface area (Å²) in [5.41, 5.74) is 1.71. The third-order valence-corrected chi connectivity index (χ3v) is 4.58. The van der Waals surface area contributed by atoms with Gasteiger partial charge >= 0.3 is 6.36 Å². The standard InChI is InChI=1S/C20H17F3N2O3/c21-20(22,23)28-15-7-6-14-10-17(24-16(14)11-15)19(26)25-8-9-27-18(12-25)13-4-2-1-3-5-13/h1-7,10-11,18,24H,8-9,12H2/t18-/m0/s1. The molecule has 1 aliphatic rings. The third kappa shape index (κ3) is 3.96. The average molecular weight is 390 g/mol. The summed E-state index contributed by atoms with van der Waals surface area (Å²) in [7, 11) is 0. The van der Waals surface area contributed by atoms with Crippen molar-refractivity contribution in [3.05, 3.63) is 65.9 Å². The number of nitrogens with one attached hydrogen (secondary N) is 1. The smallest absolute Gasteiger partial charge is 0.406 e. The highest BCUT2D eigenvalue weighted by Gasteiger charge is 2.31. The fourth-order valence-electron chi connectivity index (χ4n) is 3.29. The number of carbonyl (C=O) groups is 1. The van der Waals surface area contributed by atoms with Crippen molar-refractivity contribution in [2.45, 2.75) is 12.5 Å². The van der Waals surface area contributed by atoms with Crippen LogP contribution in [0.2, 0.25) is 0 Å². The number of aromatic amines is 1. The summed E-state index contributed by atoms with van der Waals surface area (Å²) in [6.45, 7) is 1.26. The van der Waals surface area contributed by atoms with E-state index in [0.717, 1.165) is 5.56 Å². The summed E-state index contributed by atoms with van der Waals surface area (Å²) in [4.78, 5) is 17.5. The number of nitrogens with zero attached hydrogens (tertiary/aromatic N) is 1. The summed E-state index contributed by atoms with van der Waals surface area (Å²) in [5, 5.41) is 0.630. The van der Waals surface area contributed by atoms with E-state index in [4.69, 9.17) is 4.74 Å². The second kappa shape index (κ2) is 7.20. The van der Waals surface area contributed by atoms with Gasteiger partial charge in [-0.25, -0.2) is 0 Å². The molecule has 5 nitrogen and oxygen atoms in total. The monoisotopic (exact) mass is 390 g/mol. The Morgan fingerprint density at radius 3 is 2.68 bits per heavy atom. The van der Waals surface area contributed by atoms with Crippen LogP contribution in [0.1, 0.15) is 22.2 Å². The van der Waals surface area contributed by atoms with Crippen LogP contribution < -0.4 is 4.74 Å². The van der Waals surface area contributed by atoms with Crippen LogP contribution in [0.15, 0.2) is 54.6 Å². The minimum absolute atomic E-state index is 0.213. The molecule has 2 heterocycles. The van der Waals surface area contributed by atoms with Gasteiger partial charge in [0, 0.05) is 23.5 Å². The van der Waals surface area contributed by atoms with Crippen molar-refractivity contribution in [2.75, 3.05) is 19.7 Å². The molecule has 1 aromatic heterocycles. The quantitative estimate of drug-likeness (QED) is 0.726. The lowest BCUT2D eigenvalue weighted by Crippen LogP contribution is -2.42. The van der Waals surface area contributed by atoms with Crippen LogP contribution >= 0.6 is 0 Å². The van der Waals surface area contributed by atoms with E-state index >= 15 is 0 Å². The van der Waals surface area contributed by atoms with Gasteiger partial charge in [0.1, 0.15) is 17.5 Å². The molecule has 4 rings (SSSR count). The Bertz CT molecular complexity index is 985. The number of amides is 1. The van der Waals surface area contributed by atoms with E-state index < -0.39 is 6.36 Å². The number of hydrogen-bond acceptors (Lipinski definition) is 3. The van der Waals surface area contributed by atoms with Crippen molar-refractivity contribution < 1.29 is 27.4 Å². The van der Waals surface area contributed by atoms with Crippen molar-refractivity contribution in [2.24, 2.45) is 0 Å². The molecule has 0 bridgehead atoms. The van der Waals surface area contributed by atoms with E-state index in [0.29, 0.717) is 36.3 Å². The highest BCUT2D eigenvalue weighted by Crippen LogP contribution is 2.28. The number of carbonyl (C=O) groups excluding carboxylic acids is 1. The molecule has 0 saturated carbocycles. The maximum Gasteiger partial charge on any atom is 0.573 e. The number of benzene rings is 2. The van der Waals surface area contributed by atoms with Crippen LogP contribution in [0.5, 0.6) is 5.75 Å². The Labute approximate surface area is 158 Å². The molecule has 8 heteroatoms. The summed E-state index contributed by atoms with van der Waals surface area (Å²) in [6.07, 6.45) is -4.98. The molecule has 2 aromatic carbocycles. The Kier molecular flexibility index (Phi) is 4.72. The molecule has 1 atom stereocenters. The van der Waals surface area contributed by atoms with Gasteiger partial charge in [-0.15, -0.1) is 13.2 Å². The molecule has 28 heavy (non-hydrogen) atoms. The van der Waals surface area contributed by atoms with Gasteiger partial charge in [-0.2, -0.15) is 0 Å². The zero-order valence-electron chi connectivity index (χ0n) is 14.7. The lowest BCUT2D eigenvalue weighted by atomic mass is 10.1. The highest BCUT2D eigenvalue weighted by atomic mass is 19.4. The first-order valence-electron chi connectivity index (χ1n) is 8.73. The van der Waals surface area contributed by atoms with E-state index in [9.17, 15) is 18.0 Å². The molecule has 0 spiro atoms. The minimum Gasteiger partial charge on any atom is -0.406 e. The van der Waals surface area contributed by atoms with Crippen LogP contribution in [-0.2, 0) is 4.74 Å². The predicted molar refractivity (Wildman–Crippen MR) is 96.0 cm³/mol. The van der Waals surface area contributed by atoms with Gasteiger partial charge in [-0.05, 0) is 23.8 Å². The van der Waals surface area contributed by atoms with Gasteiger partial charge in [-0.3, -0.25) is 4.79 Å². The van der Waals surface area contributed by atoms with Gasteiger partial charge in [0.15, 0.2) is 0 Å². The van der Waals surface area contributed by atoms with Gasteiger partial charge in [-0.1, -0.05) is 30.3 Å². The summed E-state index contributed by atoms with van der Waals surface area (Å²) in [5.74, 6) is -0.560. The molecule has 0 unspecified atom stereocenters. The summed E-state index contributed by atoms with van der Waals surface area (Å²) in [6, 6.07) is 15.2. The maximum absolute atomic E-state index is 12.9. The Morgan fingerprint density at radius 1 is 1.14 bits per heavy atom. The number of ether oxygens (including phenoxy) is 2. The normalized spacial score (nSPS) is 17.7. The third-order valence-electron chi connectivity index (χ3n) is 4.58. The lowest BCUT2D eigenvalue weighted by molar-refractivity contribution is -0.274. The number of hydrogen-bond donors (Lipinski definition) is 1. The molecule has 0 aliphatic carbocycles. The molecular weight excluding hydrogens is 373 g/mol. The zero-order chi connectivity index (χ0) is 19.7. The van der Waals surface area contributed by atoms with Crippen LogP contribution in [0.3, 0.4) is 0 Å². The second-order valence-corrected chi connectivity index (χ2v) is 6.50. The highest BCUT2D eigenvalue weighted by molar-refractivity contribution is 5.98. The number of aromatic nitrogens is 1. The van der Waals surface area contributed by atoms with Gasteiger partial charge < -0.3 is 19.4 Å². The van der Waals surface area contributed by atoms with Gasteiger partial charge in [0.05, 0.1) is 13.2 Å². The minimum atomic E-state index is -4.76. The Hall–Kier alpha value is -3.00. The van der Waals surface area contributed by atoms with Crippen molar-refractivity contribution in [1.29, 1.82) is 0 Å². The second-order valence-electron chi connectivity index (χ2n) is 6.50. The van der Waals surface area contributed by atoms with E-state index in [1.54, 1.807) is 11.0 Å². The van der Waals surface area contributed by atoms with E-state index in [1.165, 1.54) is 18.2 Å². The van der Waals surface area contributed by atoms with Gasteiger partial charge in [0.2, 0.25) is 0 Å². The van der Waals surface area contributed by atoms with Crippen molar-refractivity contribution >= 4 is 16.8 Å². The first kappa shape index (κ1) is 18.4. The average Bonchev–Trinajstić information content (AvgIpc) is 3.10. The molecule has 1 fully saturated rings. The Morgan fingerprint density at radius 2 is 1.93 bits per heavy atom. The van der Waals surface area contributed by atoms with Crippen molar-refractivity contribution in [3.63, 3.8) is 0 Å². The molecule has 1 amide bonds. The number of H-pyrrole nitrogens is 1. The molecule has 146 valence electrons. The molecule has 1 aliphatic heterocycles. The lowest BCUT2D eigenvalue weighted by Gasteiger charge is -2.33. The number of alkyl halides is 3. The number of rotatable bonds is 3. The first-order chi connectivity index (χ1) is 13.4. The fraction of sp³-hybridized carbons (Fsp3) is 0.250. The fourth-order valence-corrected chi connectivity index (χ4v) is 3.29. The molecule has 1 saturated heterocycles. The maximum atomic E-state index is 12.9. The van der Waals surface area contributed by atoms with E-state index in [2.05, 4.69) is 9.72 Å². The van der Waals surface area contributed by atoms with E-state index in [-0.39, 0.29) is 17.8 Å². The topological polar surface area (TPSA) is 54.6 Å². The number of morpholine rings is 1. The van der Waals surface area contributed by atoms with E-state index in [1.807, 2.05) is 30.3 Å². The van der Waals surface area contributed by atoms with Crippen LogP contribution in [-0.4, -0.2) is 41.8 Å². The summed E-state index contributed by atoms with van der Waals surface area (Å²) < 4.78 is 46.9. The molecule has 0 radical (unpaired) electrons. The first-order valence-corrected chi connectivity index (χ1v) is 8.73. The molecule has 3 aromatic rings. The Balaban J connectivity index is 1.53. The molecule has 1 N–H and O–H groups in total. The molecular formula is C20H17F3N2O3. The summed E-state index contributed by atoms with van der Waals surface area (Å²) >= 11 is 0. The van der Waals surface area contributed by atoms with Crippen LogP contribution in [0, 0.1) is 0 Å². The predicted octanol–water partition coefficient (Wildman–Crippen LogP) is 4.28. The van der Waals surface area contributed by atoms with Crippen LogP contribution in [0.4, 0.5) is 13.2 Å².